The van der Waals surface area contributed by atoms with Crippen molar-refractivity contribution in [1.82, 2.24) is 20.1 Å². The van der Waals surface area contributed by atoms with E-state index < -0.39 is 5.97 Å². The summed E-state index contributed by atoms with van der Waals surface area (Å²) in [4.78, 5) is 36.3. The summed E-state index contributed by atoms with van der Waals surface area (Å²) < 4.78 is 6.44. The average molecular weight is 439 g/mol. The molecule has 1 heterocycles. The number of esters is 1. The first-order chi connectivity index (χ1) is 15.0. The number of carbonyl (C=O) groups is 3. The van der Waals surface area contributed by atoms with Crippen molar-refractivity contribution in [3.8, 4) is 0 Å². The third-order valence-electron chi connectivity index (χ3n) is 4.31. The second kappa shape index (κ2) is 10.4. The number of aromatic nitrogens is 3. The number of benzene rings is 2. The maximum Gasteiger partial charge on any atom is 0.339 e. The van der Waals surface area contributed by atoms with Crippen molar-refractivity contribution in [1.29, 1.82) is 0 Å². The fourth-order valence-corrected chi connectivity index (χ4v) is 3.40. The van der Waals surface area contributed by atoms with Crippen LogP contribution in [0.2, 0.25) is 0 Å². The lowest BCUT2D eigenvalue weighted by atomic mass is 10.2. The van der Waals surface area contributed by atoms with Crippen molar-refractivity contribution in [3.05, 3.63) is 71.5 Å². The minimum absolute atomic E-state index is 0.0673. The number of amides is 2. The molecule has 0 fully saturated rings. The van der Waals surface area contributed by atoms with Crippen LogP contribution in [0, 0.1) is 0 Å². The Balaban J connectivity index is 1.55. The Bertz CT molecular complexity index is 1080. The van der Waals surface area contributed by atoms with Gasteiger partial charge in [-0.2, -0.15) is 0 Å². The Hall–Kier alpha value is -3.66. The molecule has 0 unspecified atom stereocenters. The predicted octanol–water partition coefficient (Wildman–Crippen LogP) is 2.26. The molecule has 10 heteroatoms. The van der Waals surface area contributed by atoms with Gasteiger partial charge in [-0.1, -0.05) is 42.1 Å². The number of carbonyl (C=O) groups excluding carboxylic acids is 3. The van der Waals surface area contributed by atoms with Crippen LogP contribution in [0.4, 0.5) is 5.69 Å². The number of hydrogen-bond acceptors (Lipinski definition) is 7. The van der Waals surface area contributed by atoms with E-state index in [1.54, 1.807) is 60.1 Å². The number of thioether (sulfide) groups is 1. The molecular formula is C21H21N5O4S. The van der Waals surface area contributed by atoms with Gasteiger partial charge in [0.1, 0.15) is 0 Å². The third-order valence-corrected chi connectivity index (χ3v) is 5.33. The summed E-state index contributed by atoms with van der Waals surface area (Å²) in [6.45, 7) is 0.205. The quantitative estimate of drug-likeness (QED) is 0.409. The summed E-state index contributed by atoms with van der Waals surface area (Å²) in [6.07, 6.45) is 0. The molecule has 0 radical (unpaired) electrons. The molecule has 0 saturated carbocycles. The van der Waals surface area contributed by atoms with Crippen molar-refractivity contribution in [3.63, 3.8) is 0 Å². The highest BCUT2D eigenvalue weighted by Gasteiger charge is 2.16. The molecule has 0 spiro atoms. The molecule has 3 rings (SSSR count). The highest BCUT2D eigenvalue weighted by atomic mass is 32.2. The number of hydrogen-bond donors (Lipinski definition) is 2. The summed E-state index contributed by atoms with van der Waals surface area (Å²) in [5.74, 6) is -0.412. The van der Waals surface area contributed by atoms with E-state index in [0.717, 1.165) is 0 Å². The molecule has 160 valence electrons. The third kappa shape index (κ3) is 5.70. The van der Waals surface area contributed by atoms with Crippen LogP contribution in [0.1, 0.15) is 26.5 Å². The van der Waals surface area contributed by atoms with Crippen LogP contribution in [-0.4, -0.2) is 45.4 Å². The van der Waals surface area contributed by atoms with Gasteiger partial charge >= 0.3 is 5.97 Å². The molecular weight excluding hydrogens is 418 g/mol. The van der Waals surface area contributed by atoms with Crippen molar-refractivity contribution in [2.24, 2.45) is 7.05 Å². The van der Waals surface area contributed by atoms with Crippen LogP contribution < -0.4 is 10.6 Å². The number of anilines is 1. The molecule has 0 saturated heterocycles. The van der Waals surface area contributed by atoms with Gasteiger partial charge in [0.25, 0.3) is 5.91 Å². The number of rotatable bonds is 8. The topological polar surface area (TPSA) is 115 Å². The molecule has 2 aromatic carbocycles. The van der Waals surface area contributed by atoms with Gasteiger partial charge in [-0.15, -0.1) is 10.2 Å². The Morgan fingerprint density at radius 3 is 2.48 bits per heavy atom. The number of nitrogens with zero attached hydrogens (tertiary/aromatic N) is 3. The summed E-state index contributed by atoms with van der Waals surface area (Å²) in [7, 11) is 3.04. The van der Waals surface area contributed by atoms with Crippen LogP contribution in [0.25, 0.3) is 0 Å². The first-order valence-electron chi connectivity index (χ1n) is 9.31. The molecule has 0 aliphatic heterocycles. The van der Waals surface area contributed by atoms with Gasteiger partial charge in [-0.05, 0) is 24.3 Å². The maximum atomic E-state index is 12.3. The molecule has 1 aromatic heterocycles. The molecule has 3 aromatic rings. The fourth-order valence-electron chi connectivity index (χ4n) is 2.67. The van der Waals surface area contributed by atoms with Crippen LogP contribution in [-0.2, 0) is 23.1 Å². The lowest BCUT2D eigenvalue weighted by Crippen LogP contribution is -2.24. The van der Waals surface area contributed by atoms with Crippen LogP contribution in [0.15, 0.2) is 59.8 Å². The maximum absolute atomic E-state index is 12.3. The van der Waals surface area contributed by atoms with Gasteiger partial charge in [0.15, 0.2) is 11.0 Å². The van der Waals surface area contributed by atoms with E-state index in [-0.39, 0.29) is 29.7 Å². The highest BCUT2D eigenvalue weighted by molar-refractivity contribution is 7.99. The second-order valence-corrected chi connectivity index (χ2v) is 7.32. The van der Waals surface area contributed by atoms with Crippen LogP contribution >= 0.6 is 11.8 Å². The minimum Gasteiger partial charge on any atom is -0.465 e. The molecule has 0 atom stereocenters. The minimum atomic E-state index is -0.529. The van der Waals surface area contributed by atoms with Gasteiger partial charge in [-0.25, -0.2) is 4.79 Å². The van der Waals surface area contributed by atoms with Crippen molar-refractivity contribution in [2.75, 3.05) is 18.2 Å². The first kappa shape index (κ1) is 22.0. The van der Waals surface area contributed by atoms with Gasteiger partial charge in [0, 0.05) is 12.6 Å². The SMILES string of the molecule is COC(=O)c1ccccc1NC(=O)CSc1nnc(CNC(=O)c2ccccc2)n1C. The monoisotopic (exact) mass is 439 g/mol. The molecule has 0 aliphatic rings. The first-order valence-corrected chi connectivity index (χ1v) is 10.3. The average Bonchev–Trinajstić information content (AvgIpc) is 3.15. The van der Waals surface area contributed by atoms with Crippen molar-refractivity contribution >= 4 is 35.2 Å². The van der Waals surface area contributed by atoms with Gasteiger partial charge < -0.3 is 19.9 Å². The van der Waals surface area contributed by atoms with E-state index >= 15 is 0 Å². The smallest absolute Gasteiger partial charge is 0.339 e. The molecule has 0 bridgehead atoms. The van der Waals surface area contributed by atoms with Crippen LogP contribution in [0.5, 0.6) is 0 Å². The van der Waals surface area contributed by atoms with E-state index in [1.807, 2.05) is 6.07 Å². The standard InChI is InChI=1S/C21H21N5O4S/c1-26-17(12-22-19(28)14-8-4-3-5-9-14)24-25-21(26)31-13-18(27)23-16-11-7-6-10-15(16)20(29)30-2/h3-11H,12-13H2,1-2H3,(H,22,28)(H,23,27). The number of methoxy groups -OCH3 is 1. The van der Waals surface area contributed by atoms with Gasteiger partial charge in [0.05, 0.1) is 30.7 Å². The number of nitrogens with one attached hydrogen (secondary N) is 2. The molecule has 9 nitrogen and oxygen atoms in total. The molecule has 0 aliphatic carbocycles. The Labute approximate surface area is 183 Å². The number of para-hydroxylation sites is 1. The number of ether oxygens (including phenoxy) is 1. The molecule has 2 amide bonds. The highest BCUT2D eigenvalue weighted by Crippen LogP contribution is 2.19. The zero-order valence-electron chi connectivity index (χ0n) is 17.0. The molecule has 31 heavy (non-hydrogen) atoms. The Morgan fingerprint density at radius 1 is 1.03 bits per heavy atom. The summed E-state index contributed by atoms with van der Waals surface area (Å²) in [6, 6.07) is 15.5. The van der Waals surface area contributed by atoms with Crippen molar-refractivity contribution < 1.29 is 19.1 Å². The van der Waals surface area contributed by atoms with Crippen molar-refractivity contribution in [2.45, 2.75) is 11.7 Å². The lowest BCUT2D eigenvalue weighted by molar-refractivity contribution is -0.113. The Morgan fingerprint density at radius 2 is 1.74 bits per heavy atom. The van der Waals surface area contributed by atoms with Gasteiger partial charge in [0.2, 0.25) is 5.91 Å². The largest absolute Gasteiger partial charge is 0.465 e. The van der Waals surface area contributed by atoms with E-state index in [9.17, 15) is 14.4 Å². The zero-order chi connectivity index (χ0) is 22.2. The normalized spacial score (nSPS) is 10.4. The van der Waals surface area contributed by atoms with E-state index in [0.29, 0.717) is 22.2 Å². The van der Waals surface area contributed by atoms with E-state index in [1.165, 1.54) is 18.9 Å². The molecule has 2 N–H and O–H groups in total. The van der Waals surface area contributed by atoms with E-state index in [4.69, 9.17) is 4.74 Å². The van der Waals surface area contributed by atoms with Gasteiger partial charge in [-0.3, -0.25) is 9.59 Å². The summed E-state index contributed by atoms with van der Waals surface area (Å²) >= 11 is 1.19. The summed E-state index contributed by atoms with van der Waals surface area (Å²) in [5.41, 5.74) is 1.21. The summed E-state index contributed by atoms with van der Waals surface area (Å²) in [5, 5.41) is 14.2. The van der Waals surface area contributed by atoms with E-state index in [2.05, 4.69) is 20.8 Å². The fraction of sp³-hybridized carbons (Fsp3) is 0.190. The Kier molecular flexibility index (Phi) is 7.39. The second-order valence-electron chi connectivity index (χ2n) is 6.38. The lowest BCUT2D eigenvalue weighted by Gasteiger charge is -2.09. The zero-order valence-corrected chi connectivity index (χ0v) is 17.8. The van der Waals surface area contributed by atoms with Crippen LogP contribution in [0.3, 0.4) is 0 Å². The predicted molar refractivity (Wildman–Crippen MR) is 116 cm³/mol.